The highest BCUT2D eigenvalue weighted by molar-refractivity contribution is 6.30. The van der Waals surface area contributed by atoms with E-state index in [1.165, 1.54) is 0 Å². The SMILES string of the molecule is O=C(O)Cc1nc(F)c(Cl)cc1C(F)F. The zero-order valence-electron chi connectivity index (χ0n) is 7.18. The molecule has 0 unspecified atom stereocenters. The van der Waals surface area contributed by atoms with E-state index in [2.05, 4.69) is 4.98 Å². The summed E-state index contributed by atoms with van der Waals surface area (Å²) in [6, 6.07) is 0.687. The molecule has 0 aliphatic carbocycles. The number of alkyl halides is 2. The van der Waals surface area contributed by atoms with Gasteiger partial charge in [-0.1, -0.05) is 11.6 Å². The highest BCUT2D eigenvalue weighted by atomic mass is 35.5. The van der Waals surface area contributed by atoms with Gasteiger partial charge in [-0.3, -0.25) is 4.79 Å². The van der Waals surface area contributed by atoms with E-state index in [1.54, 1.807) is 0 Å². The average Bonchev–Trinajstić information content (AvgIpc) is 2.09. The van der Waals surface area contributed by atoms with Crippen LogP contribution in [0.5, 0.6) is 0 Å². The second kappa shape index (κ2) is 4.48. The van der Waals surface area contributed by atoms with Gasteiger partial charge in [0.05, 0.1) is 17.1 Å². The van der Waals surface area contributed by atoms with Gasteiger partial charge in [-0.25, -0.2) is 13.8 Å². The third kappa shape index (κ3) is 2.82. The molecule has 82 valence electrons. The predicted octanol–water partition coefficient (Wildman–Crippen LogP) is 2.44. The molecule has 0 aliphatic rings. The van der Waals surface area contributed by atoms with Gasteiger partial charge in [-0.2, -0.15) is 4.39 Å². The quantitative estimate of drug-likeness (QED) is 0.824. The summed E-state index contributed by atoms with van der Waals surface area (Å²) in [5.74, 6) is -2.52. The topological polar surface area (TPSA) is 50.2 Å². The van der Waals surface area contributed by atoms with Crippen molar-refractivity contribution in [2.75, 3.05) is 0 Å². The Balaban J connectivity index is 3.21. The highest BCUT2D eigenvalue weighted by Gasteiger charge is 2.19. The molecule has 0 aliphatic heterocycles. The average molecular weight is 240 g/mol. The first-order chi connectivity index (χ1) is 6.91. The number of carboxylic acid groups (broad SMARTS) is 1. The van der Waals surface area contributed by atoms with Gasteiger partial charge in [0.2, 0.25) is 5.95 Å². The molecule has 0 atom stereocenters. The molecule has 0 fully saturated rings. The van der Waals surface area contributed by atoms with Crippen LogP contribution in [0.2, 0.25) is 5.02 Å². The minimum atomic E-state index is -2.94. The van der Waals surface area contributed by atoms with Crippen LogP contribution in [-0.4, -0.2) is 16.1 Å². The first-order valence-electron chi connectivity index (χ1n) is 3.76. The van der Waals surface area contributed by atoms with Gasteiger partial charge in [0.1, 0.15) is 0 Å². The number of pyridine rings is 1. The summed E-state index contributed by atoms with van der Waals surface area (Å²) >= 11 is 5.25. The lowest BCUT2D eigenvalue weighted by atomic mass is 10.1. The maximum atomic E-state index is 12.8. The minimum absolute atomic E-state index is 0.514. The Labute approximate surface area is 87.5 Å². The zero-order chi connectivity index (χ0) is 11.6. The zero-order valence-corrected chi connectivity index (χ0v) is 7.93. The molecule has 0 radical (unpaired) electrons. The molecule has 1 aromatic heterocycles. The lowest BCUT2D eigenvalue weighted by molar-refractivity contribution is -0.136. The number of carbonyl (C=O) groups is 1. The van der Waals surface area contributed by atoms with E-state index in [4.69, 9.17) is 16.7 Å². The molecule has 1 heterocycles. The molecule has 0 saturated heterocycles. The van der Waals surface area contributed by atoms with E-state index in [-0.39, 0.29) is 0 Å². The van der Waals surface area contributed by atoms with Gasteiger partial charge >= 0.3 is 5.97 Å². The third-order valence-corrected chi connectivity index (χ3v) is 1.86. The van der Waals surface area contributed by atoms with E-state index in [0.717, 1.165) is 0 Å². The van der Waals surface area contributed by atoms with E-state index >= 15 is 0 Å². The fourth-order valence-electron chi connectivity index (χ4n) is 0.990. The molecule has 1 N–H and O–H groups in total. The predicted molar refractivity (Wildman–Crippen MR) is 45.5 cm³/mol. The summed E-state index contributed by atoms with van der Waals surface area (Å²) in [5.41, 5.74) is -1.18. The van der Waals surface area contributed by atoms with Crippen molar-refractivity contribution in [1.82, 2.24) is 4.98 Å². The maximum Gasteiger partial charge on any atom is 0.309 e. The van der Waals surface area contributed by atoms with Crippen molar-refractivity contribution in [3.63, 3.8) is 0 Å². The number of aliphatic carboxylic acids is 1. The summed E-state index contributed by atoms with van der Waals surface area (Å²) in [7, 11) is 0. The van der Waals surface area contributed by atoms with Crippen LogP contribution in [0.4, 0.5) is 13.2 Å². The van der Waals surface area contributed by atoms with Gasteiger partial charge in [0.25, 0.3) is 6.43 Å². The molecule has 0 aromatic carbocycles. The Morgan fingerprint density at radius 3 is 2.67 bits per heavy atom. The normalized spacial score (nSPS) is 10.7. The molecule has 7 heteroatoms. The molecule has 1 aromatic rings. The van der Waals surface area contributed by atoms with Crippen LogP contribution >= 0.6 is 11.6 Å². The van der Waals surface area contributed by atoms with Gasteiger partial charge in [0.15, 0.2) is 0 Å². The number of halogens is 4. The van der Waals surface area contributed by atoms with Gasteiger partial charge < -0.3 is 5.11 Å². The van der Waals surface area contributed by atoms with Crippen LogP contribution in [0.1, 0.15) is 17.7 Å². The molecular formula is C8H5ClF3NO2. The second-order valence-electron chi connectivity index (χ2n) is 2.67. The smallest absolute Gasteiger partial charge is 0.309 e. The monoisotopic (exact) mass is 239 g/mol. The number of carboxylic acids is 1. The first kappa shape index (κ1) is 11.8. The van der Waals surface area contributed by atoms with Crippen molar-refractivity contribution in [2.24, 2.45) is 0 Å². The van der Waals surface area contributed by atoms with Crippen molar-refractivity contribution in [3.8, 4) is 0 Å². The summed E-state index contributed by atoms with van der Waals surface area (Å²) in [6.07, 6.45) is -3.71. The van der Waals surface area contributed by atoms with Crippen LogP contribution in [0, 0.1) is 5.95 Å². The number of rotatable bonds is 3. The van der Waals surface area contributed by atoms with Crippen molar-refractivity contribution in [1.29, 1.82) is 0 Å². The lowest BCUT2D eigenvalue weighted by Gasteiger charge is -2.06. The fraction of sp³-hybridized carbons (Fsp3) is 0.250. The van der Waals surface area contributed by atoms with Crippen molar-refractivity contribution in [3.05, 3.63) is 28.3 Å². The minimum Gasteiger partial charge on any atom is -0.481 e. The summed E-state index contributed by atoms with van der Waals surface area (Å²) in [4.78, 5) is 13.4. The molecule has 15 heavy (non-hydrogen) atoms. The van der Waals surface area contributed by atoms with Gasteiger partial charge in [0, 0.05) is 5.56 Å². The first-order valence-corrected chi connectivity index (χ1v) is 4.14. The lowest BCUT2D eigenvalue weighted by Crippen LogP contribution is -2.08. The van der Waals surface area contributed by atoms with Crippen LogP contribution in [0.25, 0.3) is 0 Å². The number of hydrogen-bond donors (Lipinski definition) is 1. The Morgan fingerprint density at radius 2 is 2.20 bits per heavy atom. The molecule has 0 amide bonds. The van der Waals surface area contributed by atoms with Crippen LogP contribution < -0.4 is 0 Å². The van der Waals surface area contributed by atoms with Crippen molar-refractivity contribution in [2.45, 2.75) is 12.8 Å². The Morgan fingerprint density at radius 1 is 1.60 bits per heavy atom. The van der Waals surface area contributed by atoms with Crippen LogP contribution in [0.15, 0.2) is 6.07 Å². The van der Waals surface area contributed by atoms with Crippen molar-refractivity contribution < 1.29 is 23.1 Å². The molecule has 0 bridgehead atoms. The summed E-state index contributed by atoms with van der Waals surface area (Å²) in [6.45, 7) is 0. The Kier molecular flexibility index (Phi) is 3.52. The van der Waals surface area contributed by atoms with E-state index in [1.807, 2.05) is 0 Å². The fourth-order valence-corrected chi connectivity index (χ4v) is 1.15. The molecular weight excluding hydrogens is 235 g/mol. The summed E-state index contributed by atoms with van der Waals surface area (Å²) < 4.78 is 37.5. The van der Waals surface area contributed by atoms with Gasteiger partial charge in [-0.05, 0) is 6.07 Å². The Hall–Kier alpha value is -1.30. The van der Waals surface area contributed by atoms with E-state index < -0.39 is 41.0 Å². The van der Waals surface area contributed by atoms with Crippen molar-refractivity contribution >= 4 is 17.6 Å². The van der Waals surface area contributed by atoms with Crippen LogP contribution in [0.3, 0.4) is 0 Å². The standard InChI is InChI=1S/C8H5ClF3NO2/c9-4-1-3(7(10)11)5(2-6(14)15)13-8(4)12/h1,7H,2H2,(H,14,15). The molecule has 0 spiro atoms. The molecule has 0 saturated carbocycles. The second-order valence-corrected chi connectivity index (χ2v) is 3.08. The van der Waals surface area contributed by atoms with Crippen LogP contribution in [-0.2, 0) is 11.2 Å². The number of nitrogens with zero attached hydrogens (tertiary/aromatic N) is 1. The van der Waals surface area contributed by atoms with E-state index in [0.29, 0.717) is 6.07 Å². The summed E-state index contributed by atoms with van der Waals surface area (Å²) in [5, 5.41) is 7.84. The highest BCUT2D eigenvalue weighted by Crippen LogP contribution is 2.26. The molecule has 3 nitrogen and oxygen atoms in total. The maximum absolute atomic E-state index is 12.8. The van der Waals surface area contributed by atoms with Gasteiger partial charge in [-0.15, -0.1) is 0 Å². The Bertz CT molecular complexity index is 398. The van der Waals surface area contributed by atoms with E-state index in [9.17, 15) is 18.0 Å². The largest absolute Gasteiger partial charge is 0.481 e. The number of hydrogen-bond acceptors (Lipinski definition) is 2. The third-order valence-electron chi connectivity index (χ3n) is 1.60. The molecule has 1 rings (SSSR count). The number of aromatic nitrogens is 1.